The van der Waals surface area contributed by atoms with Gasteiger partial charge in [0.1, 0.15) is 0 Å². The molecule has 0 saturated carbocycles. The molecule has 0 saturated heterocycles. The van der Waals surface area contributed by atoms with Crippen LogP contribution >= 0.6 is 0 Å². The summed E-state index contributed by atoms with van der Waals surface area (Å²) in [6.07, 6.45) is 0. The molecule has 13 rings (SSSR count). The van der Waals surface area contributed by atoms with Crippen molar-refractivity contribution in [2.24, 2.45) is 0 Å². The molecule has 58 heavy (non-hydrogen) atoms. The van der Waals surface area contributed by atoms with E-state index >= 15 is 0 Å². The first-order valence-corrected chi connectivity index (χ1v) is 20.1. The Balaban J connectivity index is 1.11. The van der Waals surface area contributed by atoms with Crippen LogP contribution in [0.4, 0.5) is 17.1 Å². The number of benzene rings is 9. The summed E-state index contributed by atoms with van der Waals surface area (Å²) in [7, 11) is 0. The fraction of sp³-hybridized carbons (Fsp3) is 0.0182. The number of rotatable bonds is 3. The Bertz CT molecular complexity index is 3380. The van der Waals surface area contributed by atoms with Crippen molar-refractivity contribution < 1.29 is 0 Å². The second-order valence-electron chi connectivity index (χ2n) is 15.7. The van der Waals surface area contributed by atoms with Gasteiger partial charge in [-0.1, -0.05) is 140 Å². The normalized spacial score (nSPS) is 13.6. The second kappa shape index (κ2) is 11.7. The van der Waals surface area contributed by atoms with Crippen LogP contribution in [0.25, 0.3) is 66.1 Å². The van der Waals surface area contributed by atoms with E-state index in [-0.39, 0.29) is 0 Å². The maximum absolute atomic E-state index is 2.49. The summed E-state index contributed by atoms with van der Waals surface area (Å²) in [6, 6.07) is 78.6. The number of hydrogen-bond donors (Lipinski definition) is 0. The summed E-state index contributed by atoms with van der Waals surface area (Å²) in [5.41, 5.74) is 17.9. The van der Waals surface area contributed by atoms with Crippen LogP contribution in [-0.4, -0.2) is 9.13 Å². The molecule has 1 spiro atoms. The molecule has 2 aromatic heterocycles. The van der Waals surface area contributed by atoms with E-state index in [1.807, 2.05) is 0 Å². The summed E-state index contributed by atoms with van der Waals surface area (Å²) >= 11 is 0. The monoisotopic (exact) mass is 737 g/mol. The van der Waals surface area contributed by atoms with Crippen LogP contribution in [0.1, 0.15) is 22.3 Å². The molecule has 11 aromatic rings. The van der Waals surface area contributed by atoms with Gasteiger partial charge in [0, 0.05) is 38.6 Å². The fourth-order valence-electron chi connectivity index (χ4n) is 10.7. The van der Waals surface area contributed by atoms with Crippen molar-refractivity contribution in [1.82, 2.24) is 9.13 Å². The zero-order valence-corrected chi connectivity index (χ0v) is 31.5. The molecular weight excluding hydrogens is 703 g/mol. The van der Waals surface area contributed by atoms with Gasteiger partial charge in [-0.05, 0) is 106 Å². The lowest BCUT2D eigenvalue weighted by Crippen LogP contribution is -2.36. The second-order valence-corrected chi connectivity index (χ2v) is 15.7. The molecule has 1 aliphatic heterocycles. The van der Waals surface area contributed by atoms with Gasteiger partial charge < -0.3 is 14.0 Å². The maximum atomic E-state index is 2.49. The third kappa shape index (κ3) is 4.02. The number of para-hydroxylation sites is 5. The molecule has 0 unspecified atom stereocenters. The van der Waals surface area contributed by atoms with Gasteiger partial charge in [0.15, 0.2) is 0 Å². The van der Waals surface area contributed by atoms with Crippen LogP contribution in [0.3, 0.4) is 0 Å². The van der Waals surface area contributed by atoms with Crippen molar-refractivity contribution in [3.63, 3.8) is 0 Å². The average molecular weight is 738 g/mol. The van der Waals surface area contributed by atoms with Crippen molar-refractivity contribution in [3.05, 3.63) is 235 Å². The first-order chi connectivity index (χ1) is 28.8. The highest BCUT2D eigenvalue weighted by atomic mass is 15.2. The lowest BCUT2D eigenvalue weighted by molar-refractivity contribution is 0.751. The van der Waals surface area contributed by atoms with E-state index < -0.39 is 5.41 Å². The molecule has 0 bridgehead atoms. The van der Waals surface area contributed by atoms with Gasteiger partial charge in [0.05, 0.1) is 38.9 Å². The standard InChI is InChI=1S/C55H35N3/c1-2-16-36(17-3-1)56-53-29-15-11-25-47(53)55(45-23-9-4-18-39(45)40-19-5-10-24-46(40)55)48-35-38(31-33-54(48)56)58-51-28-14-8-22-43(51)44-34-37(30-32-52(44)58)57-49-26-12-6-20-41(49)42-21-7-13-27-50(42)57/h1-35H. The summed E-state index contributed by atoms with van der Waals surface area (Å²) in [4.78, 5) is 2.47. The van der Waals surface area contributed by atoms with E-state index in [4.69, 9.17) is 0 Å². The Hall–Kier alpha value is -7.62. The summed E-state index contributed by atoms with van der Waals surface area (Å²) in [5, 5.41) is 5.00. The van der Waals surface area contributed by atoms with Gasteiger partial charge >= 0.3 is 0 Å². The Morgan fingerprint density at radius 1 is 0.276 bits per heavy atom. The lowest BCUT2D eigenvalue weighted by Gasteiger charge is -2.45. The smallest absolute Gasteiger partial charge is 0.0755 e. The van der Waals surface area contributed by atoms with Gasteiger partial charge in [-0.3, -0.25) is 0 Å². The quantitative estimate of drug-likeness (QED) is 0.176. The summed E-state index contributed by atoms with van der Waals surface area (Å²) < 4.78 is 4.90. The molecule has 3 heteroatoms. The third-order valence-electron chi connectivity index (χ3n) is 12.9. The van der Waals surface area contributed by atoms with Crippen molar-refractivity contribution >= 4 is 60.7 Å². The minimum absolute atomic E-state index is 0.525. The Morgan fingerprint density at radius 2 is 0.724 bits per heavy atom. The van der Waals surface area contributed by atoms with Gasteiger partial charge in [0.25, 0.3) is 0 Å². The van der Waals surface area contributed by atoms with Crippen LogP contribution in [0.2, 0.25) is 0 Å². The van der Waals surface area contributed by atoms with Crippen molar-refractivity contribution in [2.75, 3.05) is 4.90 Å². The highest BCUT2D eigenvalue weighted by molar-refractivity contribution is 6.12. The van der Waals surface area contributed by atoms with E-state index in [1.165, 1.54) is 88.4 Å². The van der Waals surface area contributed by atoms with Gasteiger partial charge in [-0.15, -0.1) is 0 Å². The van der Waals surface area contributed by atoms with Crippen molar-refractivity contribution in [3.8, 4) is 22.5 Å². The van der Waals surface area contributed by atoms with E-state index in [2.05, 4.69) is 226 Å². The van der Waals surface area contributed by atoms with Crippen LogP contribution in [0.15, 0.2) is 212 Å². The number of nitrogens with zero attached hydrogens (tertiary/aromatic N) is 3. The SMILES string of the molecule is c1ccc(N2c3ccccc3C3(c4ccccc4-c4ccccc43)c3cc(-n4c5ccccc5c5cc(-n6c7ccccc7c7ccccc76)ccc54)ccc32)cc1. The van der Waals surface area contributed by atoms with E-state index in [0.29, 0.717) is 0 Å². The minimum atomic E-state index is -0.525. The predicted octanol–water partition coefficient (Wildman–Crippen LogP) is 14.0. The van der Waals surface area contributed by atoms with Crippen molar-refractivity contribution in [2.45, 2.75) is 5.41 Å². The molecule has 0 fully saturated rings. The molecule has 270 valence electrons. The van der Waals surface area contributed by atoms with Gasteiger partial charge in [0.2, 0.25) is 0 Å². The Labute approximate surface area is 335 Å². The van der Waals surface area contributed by atoms with Crippen LogP contribution in [0, 0.1) is 0 Å². The summed E-state index contributed by atoms with van der Waals surface area (Å²) in [5.74, 6) is 0. The molecule has 3 heterocycles. The first kappa shape index (κ1) is 31.6. The first-order valence-electron chi connectivity index (χ1n) is 20.1. The molecule has 3 nitrogen and oxygen atoms in total. The number of anilines is 3. The average Bonchev–Trinajstić information content (AvgIpc) is 3.91. The number of aromatic nitrogens is 2. The number of fused-ring (bicyclic) bond motifs is 15. The molecule has 0 radical (unpaired) electrons. The highest BCUT2D eigenvalue weighted by Gasteiger charge is 2.51. The molecule has 1 aliphatic carbocycles. The van der Waals surface area contributed by atoms with Gasteiger partial charge in [-0.2, -0.15) is 0 Å². The summed E-state index contributed by atoms with van der Waals surface area (Å²) in [6.45, 7) is 0. The minimum Gasteiger partial charge on any atom is -0.310 e. The zero-order chi connectivity index (χ0) is 38.0. The zero-order valence-electron chi connectivity index (χ0n) is 31.5. The van der Waals surface area contributed by atoms with Crippen molar-refractivity contribution in [1.29, 1.82) is 0 Å². The fourth-order valence-corrected chi connectivity index (χ4v) is 10.7. The van der Waals surface area contributed by atoms with Crippen LogP contribution in [-0.2, 0) is 5.41 Å². The maximum Gasteiger partial charge on any atom is 0.0755 e. The Morgan fingerprint density at radius 3 is 1.36 bits per heavy atom. The topological polar surface area (TPSA) is 13.1 Å². The predicted molar refractivity (Wildman–Crippen MR) is 241 cm³/mol. The van der Waals surface area contributed by atoms with E-state index in [1.54, 1.807) is 0 Å². The molecular formula is C55H35N3. The highest BCUT2D eigenvalue weighted by Crippen LogP contribution is 2.63. The van der Waals surface area contributed by atoms with Crippen LogP contribution in [0.5, 0.6) is 0 Å². The van der Waals surface area contributed by atoms with E-state index in [9.17, 15) is 0 Å². The molecule has 0 atom stereocenters. The molecule has 2 aliphatic rings. The molecule has 0 amide bonds. The van der Waals surface area contributed by atoms with Crippen LogP contribution < -0.4 is 4.90 Å². The molecule has 0 N–H and O–H groups in total. The Kier molecular flexibility index (Phi) is 6.37. The van der Waals surface area contributed by atoms with Gasteiger partial charge in [-0.25, -0.2) is 0 Å². The largest absolute Gasteiger partial charge is 0.310 e. The molecule has 9 aromatic carbocycles. The number of hydrogen-bond acceptors (Lipinski definition) is 1. The third-order valence-corrected chi connectivity index (χ3v) is 12.9. The lowest BCUT2D eigenvalue weighted by atomic mass is 9.64. The van der Waals surface area contributed by atoms with E-state index in [0.717, 1.165) is 17.1 Å².